The molecule has 0 bridgehead atoms. The molecule has 28 heavy (non-hydrogen) atoms. The van der Waals surface area contributed by atoms with E-state index in [4.69, 9.17) is 5.73 Å². The second kappa shape index (κ2) is 7.50. The van der Waals surface area contributed by atoms with Gasteiger partial charge in [-0.15, -0.1) is 0 Å². The first-order valence-electron chi connectivity index (χ1n) is 9.19. The molecular formula is C20H20F2N4OS. The van der Waals surface area contributed by atoms with E-state index in [1.165, 1.54) is 24.0 Å². The molecule has 1 saturated carbocycles. The minimum atomic E-state index is -1.01. The summed E-state index contributed by atoms with van der Waals surface area (Å²) in [5.74, 6) is -1.63. The highest BCUT2D eigenvalue weighted by Crippen LogP contribution is 2.50. The van der Waals surface area contributed by atoms with E-state index in [2.05, 4.69) is 15.3 Å². The van der Waals surface area contributed by atoms with Crippen LogP contribution in [0.3, 0.4) is 0 Å². The van der Waals surface area contributed by atoms with Crippen LogP contribution in [0.2, 0.25) is 0 Å². The van der Waals surface area contributed by atoms with Gasteiger partial charge in [0.1, 0.15) is 5.69 Å². The van der Waals surface area contributed by atoms with Crippen LogP contribution < -0.4 is 11.1 Å². The number of amides is 1. The van der Waals surface area contributed by atoms with Gasteiger partial charge in [-0.3, -0.25) is 14.8 Å². The SMILES string of the molecule is NC1=NC2(c3cc(NC(=O)c4ccccn4)cc(F)c3F)CCCCC2CS1. The van der Waals surface area contributed by atoms with Crippen LogP contribution in [0.4, 0.5) is 14.5 Å². The molecule has 8 heteroatoms. The number of carbonyl (C=O) groups is 1. The topological polar surface area (TPSA) is 80.4 Å². The van der Waals surface area contributed by atoms with Gasteiger partial charge >= 0.3 is 0 Å². The highest BCUT2D eigenvalue weighted by atomic mass is 32.2. The van der Waals surface area contributed by atoms with Crippen molar-refractivity contribution in [2.75, 3.05) is 11.1 Å². The van der Waals surface area contributed by atoms with Gasteiger partial charge in [-0.2, -0.15) is 0 Å². The fourth-order valence-electron chi connectivity index (χ4n) is 4.09. The lowest BCUT2D eigenvalue weighted by Gasteiger charge is -2.44. The van der Waals surface area contributed by atoms with Crippen LogP contribution in [-0.4, -0.2) is 21.8 Å². The Bertz CT molecular complexity index is 937. The van der Waals surface area contributed by atoms with Crippen molar-refractivity contribution in [3.8, 4) is 0 Å². The maximum absolute atomic E-state index is 14.9. The van der Waals surface area contributed by atoms with Gasteiger partial charge in [0.25, 0.3) is 5.91 Å². The molecule has 4 rings (SSSR count). The predicted molar refractivity (Wildman–Crippen MR) is 106 cm³/mol. The fourth-order valence-corrected chi connectivity index (χ4v) is 5.14. The molecular weight excluding hydrogens is 382 g/mol. The number of halogens is 2. The third-order valence-corrected chi connectivity index (χ3v) is 6.38. The lowest BCUT2D eigenvalue weighted by Crippen LogP contribution is -2.43. The number of pyridine rings is 1. The van der Waals surface area contributed by atoms with Gasteiger partial charge < -0.3 is 11.1 Å². The van der Waals surface area contributed by atoms with Crippen molar-refractivity contribution in [2.45, 2.75) is 31.2 Å². The van der Waals surface area contributed by atoms with Crippen molar-refractivity contribution in [3.63, 3.8) is 0 Å². The van der Waals surface area contributed by atoms with E-state index >= 15 is 0 Å². The monoisotopic (exact) mass is 402 g/mol. The summed E-state index contributed by atoms with van der Waals surface area (Å²) >= 11 is 1.45. The number of nitrogens with zero attached hydrogens (tertiary/aromatic N) is 2. The van der Waals surface area contributed by atoms with Crippen LogP contribution in [0.25, 0.3) is 0 Å². The first-order chi connectivity index (χ1) is 13.5. The smallest absolute Gasteiger partial charge is 0.274 e. The number of amidine groups is 1. The molecule has 2 heterocycles. The molecule has 146 valence electrons. The summed E-state index contributed by atoms with van der Waals surface area (Å²) in [6, 6.07) is 7.40. The normalized spacial score (nSPS) is 24.2. The van der Waals surface area contributed by atoms with Crippen LogP contribution in [0.1, 0.15) is 41.7 Å². The van der Waals surface area contributed by atoms with Crippen LogP contribution in [0.5, 0.6) is 0 Å². The Morgan fingerprint density at radius 1 is 1.29 bits per heavy atom. The summed E-state index contributed by atoms with van der Waals surface area (Å²) in [6.07, 6.45) is 4.88. The number of nitrogens with one attached hydrogen (secondary N) is 1. The lowest BCUT2D eigenvalue weighted by molar-refractivity contribution is 0.102. The molecule has 2 aliphatic rings. The Morgan fingerprint density at radius 3 is 2.93 bits per heavy atom. The number of aromatic nitrogens is 1. The highest BCUT2D eigenvalue weighted by molar-refractivity contribution is 8.13. The van der Waals surface area contributed by atoms with Crippen molar-refractivity contribution < 1.29 is 13.6 Å². The van der Waals surface area contributed by atoms with Crippen molar-refractivity contribution in [1.29, 1.82) is 0 Å². The van der Waals surface area contributed by atoms with Crippen LogP contribution >= 0.6 is 11.8 Å². The van der Waals surface area contributed by atoms with Gasteiger partial charge in [0.05, 0.1) is 5.54 Å². The molecule has 1 aliphatic carbocycles. The maximum atomic E-state index is 14.9. The van der Waals surface area contributed by atoms with E-state index < -0.39 is 23.1 Å². The number of hydrogen-bond donors (Lipinski definition) is 2. The Labute approximate surface area is 165 Å². The zero-order valence-corrected chi connectivity index (χ0v) is 15.9. The number of hydrogen-bond acceptors (Lipinski definition) is 5. The number of nitrogens with two attached hydrogens (primary N) is 1. The summed E-state index contributed by atoms with van der Waals surface area (Å²) in [5, 5.41) is 3.01. The summed E-state index contributed by atoms with van der Waals surface area (Å²) in [7, 11) is 0. The van der Waals surface area contributed by atoms with E-state index in [1.807, 2.05) is 0 Å². The maximum Gasteiger partial charge on any atom is 0.274 e. The minimum Gasteiger partial charge on any atom is -0.379 e. The average molecular weight is 402 g/mol. The van der Waals surface area contributed by atoms with Gasteiger partial charge in [-0.25, -0.2) is 8.78 Å². The van der Waals surface area contributed by atoms with E-state index in [9.17, 15) is 13.6 Å². The molecule has 1 aromatic heterocycles. The van der Waals surface area contributed by atoms with Gasteiger partial charge in [0, 0.05) is 29.3 Å². The van der Waals surface area contributed by atoms with Gasteiger partial charge in [-0.1, -0.05) is 30.7 Å². The van der Waals surface area contributed by atoms with Gasteiger partial charge in [-0.05, 0) is 37.0 Å². The molecule has 1 aliphatic heterocycles. The molecule has 1 amide bonds. The van der Waals surface area contributed by atoms with Crippen LogP contribution in [0, 0.1) is 17.6 Å². The zero-order chi connectivity index (χ0) is 19.7. The number of rotatable bonds is 3. The quantitative estimate of drug-likeness (QED) is 0.811. The summed E-state index contributed by atoms with van der Waals surface area (Å²) < 4.78 is 29.4. The molecule has 5 nitrogen and oxygen atoms in total. The highest BCUT2D eigenvalue weighted by Gasteiger charge is 2.46. The second-order valence-corrected chi connectivity index (χ2v) is 8.16. The molecule has 1 fully saturated rings. The van der Waals surface area contributed by atoms with Crippen molar-refractivity contribution in [2.24, 2.45) is 16.6 Å². The third-order valence-electron chi connectivity index (χ3n) is 5.43. The van der Waals surface area contributed by atoms with Crippen LogP contribution in [0.15, 0.2) is 41.5 Å². The standard InChI is InChI=1S/C20H20F2N4OS/c21-15-10-13(25-18(27)16-6-2-4-8-24-16)9-14(17(15)22)20-7-3-1-5-12(20)11-28-19(23)26-20/h2,4,6,8-10,12H,1,3,5,7,11H2,(H2,23,26)(H,25,27). The largest absolute Gasteiger partial charge is 0.379 e. The van der Waals surface area contributed by atoms with E-state index in [-0.39, 0.29) is 22.9 Å². The first-order valence-corrected chi connectivity index (χ1v) is 10.2. The molecule has 1 aromatic carbocycles. The zero-order valence-electron chi connectivity index (χ0n) is 15.1. The number of thioether (sulfide) groups is 1. The Morgan fingerprint density at radius 2 is 2.14 bits per heavy atom. The fraction of sp³-hybridized carbons (Fsp3) is 0.350. The molecule has 3 N–H and O–H groups in total. The van der Waals surface area contributed by atoms with Crippen molar-refractivity contribution >= 4 is 28.5 Å². The molecule has 2 atom stereocenters. The Kier molecular flexibility index (Phi) is 5.05. The second-order valence-electron chi connectivity index (χ2n) is 7.12. The Hall–Kier alpha value is -2.48. The summed E-state index contributed by atoms with van der Waals surface area (Å²) in [4.78, 5) is 21.0. The first kappa shape index (κ1) is 18.9. The number of carbonyl (C=O) groups excluding carboxylic acids is 1. The van der Waals surface area contributed by atoms with E-state index in [0.29, 0.717) is 11.6 Å². The summed E-state index contributed by atoms with van der Waals surface area (Å²) in [6.45, 7) is 0. The molecule has 0 spiro atoms. The van der Waals surface area contributed by atoms with Crippen molar-refractivity contribution in [3.05, 3.63) is 59.4 Å². The number of benzene rings is 1. The third kappa shape index (κ3) is 3.37. The Balaban J connectivity index is 1.75. The van der Waals surface area contributed by atoms with Crippen molar-refractivity contribution in [1.82, 2.24) is 4.98 Å². The minimum absolute atomic E-state index is 0.0780. The van der Waals surface area contributed by atoms with E-state index in [0.717, 1.165) is 31.1 Å². The molecule has 2 aromatic rings. The predicted octanol–water partition coefficient (Wildman–Crippen LogP) is 4.06. The van der Waals surface area contributed by atoms with Gasteiger partial charge in [0.2, 0.25) is 0 Å². The molecule has 2 unspecified atom stereocenters. The average Bonchev–Trinajstić information content (AvgIpc) is 2.70. The number of aliphatic imine (C=N–C) groups is 1. The molecule has 0 radical (unpaired) electrons. The van der Waals surface area contributed by atoms with Crippen LogP contribution in [-0.2, 0) is 5.54 Å². The summed E-state index contributed by atoms with van der Waals surface area (Å²) in [5.41, 5.74) is 5.61. The lowest BCUT2D eigenvalue weighted by atomic mass is 9.69. The van der Waals surface area contributed by atoms with E-state index in [1.54, 1.807) is 18.2 Å². The molecule has 0 saturated heterocycles. The number of anilines is 1. The number of fused-ring (bicyclic) bond motifs is 1. The van der Waals surface area contributed by atoms with Gasteiger partial charge in [0.15, 0.2) is 16.8 Å².